The van der Waals surface area contributed by atoms with Crippen LogP contribution in [0.25, 0.3) is 0 Å². The highest BCUT2D eigenvalue weighted by Gasteiger charge is 2.25. The normalized spacial score (nSPS) is 14.6. The van der Waals surface area contributed by atoms with Gasteiger partial charge in [-0.3, -0.25) is 9.59 Å². The molecule has 0 atom stereocenters. The van der Waals surface area contributed by atoms with Crippen molar-refractivity contribution < 1.29 is 18.0 Å². The molecule has 3 rings (SSSR count). The van der Waals surface area contributed by atoms with E-state index in [1.54, 1.807) is 34.1 Å². The Balaban J connectivity index is 1.46. The Morgan fingerprint density at radius 2 is 1.63 bits per heavy atom. The van der Waals surface area contributed by atoms with Gasteiger partial charge in [0, 0.05) is 49.7 Å². The van der Waals surface area contributed by atoms with Gasteiger partial charge in [-0.1, -0.05) is 35.4 Å². The maximum atomic E-state index is 12.6. The summed E-state index contributed by atoms with van der Waals surface area (Å²) in [5.74, 6) is -0.192. The van der Waals surface area contributed by atoms with Gasteiger partial charge in [-0.15, -0.1) is 0 Å². The highest BCUT2D eigenvalue weighted by molar-refractivity contribution is 7.89. The zero-order chi connectivity index (χ0) is 21.7. The van der Waals surface area contributed by atoms with Crippen molar-refractivity contribution in [1.82, 2.24) is 14.5 Å². The predicted octanol–water partition coefficient (Wildman–Crippen LogP) is 2.30. The standard InChI is InChI=1S/C21H24ClN3O4S/c1-16-5-7-17(8-6-16)21(27)25-13-11-24(12-14-25)20(26)9-10-23-30(28,29)19-4-2-3-18(22)15-19/h2-8,15,23H,9-14H2,1H3. The van der Waals surface area contributed by atoms with Crippen molar-refractivity contribution in [1.29, 1.82) is 0 Å². The minimum atomic E-state index is -3.72. The van der Waals surface area contributed by atoms with Crippen molar-refractivity contribution in [3.05, 3.63) is 64.7 Å². The Kier molecular flexibility index (Phi) is 7.12. The number of nitrogens with zero attached hydrogens (tertiary/aromatic N) is 2. The van der Waals surface area contributed by atoms with E-state index in [-0.39, 0.29) is 29.7 Å². The summed E-state index contributed by atoms with van der Waals surface area (Å²) >= 11 is 5.84. The van der Waals surface area contributed by atoms with Gasteiger partial charge in [0.2, 0.25) is 15.9 Å². The number of benzene rings is 2. The van der Waals surface area contributed by atoms with Gasteiger partial charge in [-0.2, -0.15) is 0 Å². The lowest BCUT2D eigenvalue weighted by Crippen LogP contribution is -2.51. The predicted molar refractivity (Wildman–Crippen MR) is 115 cm³/mol. The fourth-order valence-electron chi connectivity index (χ4n) is 3.21. The summed E-state index contributed by atoms with van der Waals surface area (Å²) in [6.07, 6.45) is 0.0473. The lowest BCUT2D eigenvalue weighted by molar-refractivity contribution is -0.132. The lowest BCUT2D eigenvalue weighted by Gasteiger charge is -2.35. The first-order valence-electron chi connectivity index (χ1n) is 9.65. The van der Waals surface area contributed by atoms with E-state index in [0.717, 1.165) is 5.56 Å². The third-order valence-electron chi connectivity index (χ3n) is 4.96. The molecule has 2 amide bonds. The molecular weight excluding hydrogens is 426 g/mol. The molecule has 0 unspecified atom stereocenters. The summed E-state index contributed by atoms with van der Waals surface area (Å²) in [7, 11) is -3.72. The van der Waals surface area contributed by atoms with Crippen LogP contribution in [0.1, 0.15) is 22.3 Å². The van der Waals surface area contributed by atoms with Gasteiger partial charge in [0.25, 0.3) is 5.91 Å². The van der Waals surface area contributed by atoms with Gasteiger partial charge < -0.3 is 9.80 Å². The second-order valence-electron chi connectivity index (χ2n) is 7.14. The molecule has 0 aliphatic carbocycles. The number of halogens is 1. The average Bonchev–Trinajstić information content (AvgIpc) is 2.74. The van der Waals surface area contributed by atoms with Crippen LogP contribution in [0.5, 0.6) is 0 Å². The van der Waals surface area contributed by atoms with E-state index < -0.39 is 10.0 Å². The first kappa shape index (κ1) is 22.3. The van der Waals surface area contributed by atoms with Crippen LogP contribution in [0.3, 0.4) is 0 Å². The molecule has 160 valence electrons. The number of hydrogen-bond donors (Lipinski definition) is 1. The Bertz CT molecular complexity index is 1020. The maximum Gasteiger partial charge on any atom is 0.253 e. The van der Waals surface area contributed by atoms with Crippen LogP contribution in [-0.2, 0) is 14.8 Å². The molecular formula is C21H24ClN3O4S. The largest absolute Gasteiger partial charge is 0.339 e. The number of carbonyl (C=O) groups excluding carboxylic acids is 2. The first-order valence-corrected chi connectivity index (χ1v) is 11.5. The topological polar surface area (TPSA) is 86.8 Å². The number of sulfonamides is 1. The van der Waals surface area contributed by atoms with Crippen molar-refractivity contribution in [2.45, 2.75) is 18.2 Å². The summed E-state index contributed by atoms with van der Waals surface area (Å²) in [5, 5.41) is 0.326. The summed E-state index contributed by atoms with van der Waals surface area (Å²) in [6, 6.07) is 13.4. The first-order chi connectivity index (χ1) is 14.3. The van der Waals surface area contributed by atoms with Gasteiger partial charge in [0.15, 0.2) is 0 Å². The molecule has 2 aromatic carbocycles. The monoisotopic (exact) mass is 449 g/mol. The fraction of sp³-hybridized carbons (Fsp3) is 0.333. The fourth-order valence-corrected chi connectivity index (χ4v) is 4.54. The lowest BCUT2D eigenvalue weighted by atomic mass is 10.1. The van der Waals surface area contributed by atoms with Crippen molar-refractivity contribution in [3.63, 3.8) is 0 Å². The smallest absolute Gasteiger partial charge is 0.253 e. The number of hydrogen-bond acceptors (Lipinski definition) is 4. The third-order valence-corrected chi connectivity index (χ3v) is 6.65. The summed E-state index contributed by atoms with van der Waals surface area (Å²) in [6.45, 7) is 3.72. The molecule has 0 aromatic heterocycles. The van der Waals surface area contributed by atoms with E-state index in [0.29, 0.717) is 36.8 Å². The van der Waals surface area contributed by atoms with Crippen LogP contribution >= 0.6 is 11.6 Å². The number of nitrogens with one attached hydrogen (secondary N) is 1. The molecule has 1 aliphatic heterocycles. The van der Waals surface area contributed by atoms with Gasteiger partial charge in [0.05, 0.1) is 4.90 Å². The van der Waals surface area contributed by atoms with E-state index in [2.05, 4.69) is 4.72 Å². The zero-order valence-electron chi connectivity index (χ0n) is 16.7. The molecule has 1 aliphatic rings. The van der Waals surface area contributed by atoms with Crippen molar-refractivity contribution in [2.24, 2.45) is 0 Å². The molecule has 2 aromatic rings. The van der Waals surface area contributed by atoms with Crippen molar-refractivity contribution >= 4 is 33.4 Å². The van der Waals surface area contributed by atoms with Gasteiger partial charge in [0.1, 0.15) is 0 Å². The van der Waals surface area contributed by atoms with E-state index in [1.165, 1.54) is 12.1 Å². The quantitative estimate of drug-likeness (QED) is 0.733. The minimum absolute atomic E-state index is 0.00378. The van der Waals surface area contributed by atoms with Crippen LogP contribution in [0.15, 0.2) is 53.4 Å². The molecule has 30 heavy (non-hydrogen) atoms. The number of amides is 2. The SMILES string of the molecule is Cc1ccc(C(=O)N2CCN(C(=O)CCNS(=O)(=O)c3cccc(Cl)c3)CC2)cc1. The van der Waals surface area contributed by atoms with E-state index in [4.69, 9.17) is 11.6 Å². The van der Waals surface area contributed by atoms with E-state index in [1.807, 2.05) is 19.1 Å². The van der Waals surface area contributed by atoms with Crippen molar-refractivity contribution in [3.8, 4) is 0 Å². The number of carbonyl (C=O) groups is 2. The summed E-state index contributed by atoms with van der Waals surface area (Å²) in [5.41, 5.74) is 1.73. The summed E-state index contributed by atoms with van der Waals surface area (Å²) < 4.78 is 27.0. The minimum Gasteiger partial charge on any atom is -0.339 e. The molecule has 0 bridgehead atoms. The molecule has 0 radical (unpaired) electrons. The molecule has 1 fully saturated rings. The molecule has 0 spiro atoms. The number of rotatable bonds is 6. The Labute approximate surface area is 181 Å². The maximum absolute atomic E-state index is 12.6. The molecule has 1 heterocycles. The van der Waals surface area contributed by atoms with Crippen LogP contribution in [0.4, 0.5) is 0 Å². The second-order valence-corrected chi connectivity index (χ2v) is 9.35. The molecule has 1 saturated heterocycles. The van der Waals surface area contributed by atoms with Gasteiger partial charge >= 0.3 is 0 Å². The van der Waals surface area contributed by atoms with Crippen LogP contribution < -0.4 is 4.72 Å². The van der Waals surface area contributed by atoms with Crippen LogP contribution in [-0.4, -0.2) is 62.8 Å². The second kappa shape index (κ2) is 9.59. The van der Waals surface area contributed by atoms with Gasteiger partial charge in [-0.25, -0.2) is 13.1 Å². The van der Waals surface area contributed by atoms with Crippen LogP contribution in [0.2, 0.25) is 5.02 Å². The van der Waals surface area contributed by atoms with E-state index >= 15 is 0 Å². The highest BCUT2D eigenvalue weighted by Crippen LogP contribution is 2.15. The third kappa shape index (κ3) is 5.59. The van der Waals surface area contributed by atoms with Gasteiger partial charge in [-0.05, 0) is 37.3 Å². The Morgan fingerprint density at radius 1 is 1.00 bits per heavy atom. The van der Waals surface area contributed by atoms with Crippen molar-refractivity contribution in [2.75, 3.05) is 32.7 Å². The van der Waals surface area contributed by atoms with Crippen LogP contribution in [0, 0.1) is 6.92 Å². The highest BCUT2D eigenvalue weighted by atomic mass is 35.5. The molecule has 9 heteroatoms. The summed E-state index contributed by atoms with van der Waals surface area (Å²) in [4.78, 5) is 28.4. The zero-order valence-corrected chi connectivity index (χ0v) is 18.2. The number of piperazine rings is 1. The van der Waals surface area contributed by atoms with E-state index in [9.17, 15) is 18.0 Å². The number of aryl methyl sites for hydroxylation is 1. The molecule has 7 nitrogen and oxygen atoms in total. The average molecular weight is 450 g/mol. The molecule has 1 N–H and O–H groups in total. The molecule has 0 saturated carbocycles. The Hall–Kier alpha value is -2.42. The Morgan fingerprint density at radius 3 is 2.27 bits per heavy atom.